The number of aromatic nitrogens is 3. The lowest BCUT2D eigenvalue weighted by Crippen LogP contribution is -2.24. The Bertz CT molecular complexity index is 1640. The van der Waals surface area contributed by atoms with Gasteiger partial charge in [0.1, 0.15) is 18.0 Å². The highest BCUT2D eigenvalue weighted by Crippen LogP contribution is 2.31. The van der Waals surface area contributed by atoms with E-state index in [1.807, 2.05) is 37.3 Å². The zero-order chi connectivity index (χ0) is 26.6. The molecule has 5 rings (SSSR count). The van der Waals surface area contributed by atoms with E-state index in [4.69, 9.17) is 5.73 Å². The van der Waals surface area contributed by atoms with Crippen LogP contribution >= 0.6 is 11.3 Å². The molecule has 0 radical (unpaired) electrons. The average molecular weight is 531 g/mol. The number of fused-ring (bicyclic) bond motifs is 1. The fraction of sp³-hybridized carbons (Fsp3) is 0.143. The third-order valence-electron chi connectivity index (χ3n) is 6.08. The Morgan fingerprint density at radius 2 is 1.82 bits per heavy atom. The van der Waals surface area contributed by atoms with Gasteiger partial charge < -0.3 is 16.4 Å². The second-order valence-corrected chi connectivity index (χ2v) is 9.80. The standard InChI is InChI=1S/C28H24F2N6OS/c1-2-16-9-21(28(37)34-13-17-3-6-22(29)23(30)10-17)27(32-12-16)33-14-19-5-8-25(38-19)18-4-7-24-20(11-18)26(31)36-15-35-24/h3-12,15H,2,13-14H2,1H3,(H,32,33)(H,34,37)(H2,31,35,36). The van der Waals surface area contributed by atoms with Crippen molar-refractivity contribution in [3.63, 3.8) is 0 Å². The van der Waals surface area contributed by atoms with Crippen molar-refractivity contribution in [3.8, 4) is 10.4 Å². The summed E-state index contributed by atoms with van der Waals surface area (Å²) in [6.07, 6.45) is 3.90. The van der Waals surface area contributed by atoms with Crippen LogP contribution in [0.2, 0.25) is 0 Å². The molecule has 10 heteroatoms. The van der Waals surface area contributed by atoms with Crippen LogP contribution in [-0.2, 0) is 19.5 Å². The highest BCUT2D eigenvalue weighted by molar-refractivity contribution is 7.15. The molecule has 0 aliphatic heterocycles. The summed E-state index contributed by atoms with van der Waals surface area (Å²) in [6, 6.07) is 15.3. The Balaban J connectivity index is 1.30. The van der Waals surface area contributed by atoms with Crippen LogP contribution in [0.15, 0.2) is 67.1 Å². The SMILES string of the molecule is CCc1cnc(NCc2ccc(-c3ccc4ncnc(N)c4c3)s2)c(C(=O)NCc2ccc(F)c(F)c2)c1. The van der Waals surface area contributed by atoms with Gasteiger partial charge >= 0.3 is 0 Å². The number of anilines is 2. The van der Waals surface area contributed by atoms with Crippen LogP contribution < -0.4 is 16.4 Å². The molecule has 0 saturated heterocycles. The van der Waals surface area contributed by atoms with Crippen molar-refractivity contribution in [1.82, 2.24) is 20.3 Å². The molecule has 3 heterocycles. The van der Waals surface area contributed by atoms with E-state index in [2.05, 4.69) is 25.6 Å². The lowest BCUT2D eigenvalue weighted by Gasteiger charge is -2.12. The number of hydrogen-bond acceptors (Lipinski definition) is 7. The molecular formula is C28H24F2N6OS. The summed E-state index contributed by atoms with van der Waals surface area (Å²) in [5.74, 6) is -1.36. The van der Waals surface area contributed by atoms with Gasteiger partial charge in [0.25, 0.3) is 5.91 Å². The van der Waals surface area contributed by atoms with Gasteiger partial charge in [-0.2, -0.15) is 0 Å². The highest BCUT2D eigenvalue weighted by atomic mass is 32.1. The first-order valence-electron chi connectivity index (χ1n) is 12.0. The lowest BCUT2D eigenvalue weighted by molar-refractivity contribution is 0.0951. The predicted molar refractivity (Wildman–Crippen MR) is 146 cm³/mol. The number of nitrogen functional groups attached to an aromatic ring is 1. The Kier molecular flexibility index (Phi) is 7.23. The molecule has 1 amide bonds. The molecule has 0 unspecified atom stereocenters. The van der Waals surface area contributed by atoms with E-state index in [0.717, 1.165) is 43.9 Å². The average Bonchev–Trinajstić information content (AvgIpc) is 3.41. The van der Waals surface area contributed by atoms with Crippen molar-refractivity contribution in [2.75, 3.05) is 11.1 Å². The smallest absolute Gasteiger partial charge is 0.255 e. The van der Waals surface area contributed by atoms with Crippen LogP contribution in [0.4, 0.5) is 20.4 Å². The molecule has 38 heavy (non-hydrogen) atoms. The van der Waals surface area contributed by atoms with Gasteiger partial charge in [0.05, 0.1) is 17.6 Å². The minimum Gasteiger partial charge on any atom is -0.383 e. The molecule has 0 saturated carbocycles. The largest absolute Gasteiger partial charge is 0.383 e. The molecule has 4 N–H and O–H groups in total. The van der Waals surface area contributed by atoms with E-state index in [1.54, 1.807) is 23.6 Å². The van der Waals surface area contributed by atoms with Crippen molar-refractivity contribution in [3.05, 3.63) is 100 Å². The number of nitrogens with two attached hydrogens (primary N) is 1. The summed E-state index contributed by atoms with van der Waals surface area (Å²) < 4.78 is 26.7. The molecule has 7 nitrogen and oxygen atoms in total. The van der Waals surface area contributed by atoms with Gasteiger partial charge in [-0.15, -0.1) is 11.3 Å². The monoisotopic (exact) mass is 530 g/mol. The number of pyridine rings is 1. The lowest BCUT2D eigenvalue weighted by atomic mass is 10.1. The Morgan fingerprint density at radius 1 is 0.947 bits per heavy atom. The number of rotatable bonds is 8. The van der Waals surface area contributed by atoms with Crippen molar-refractivity contribution in [1.29, 1.82) is 0 Å². The number of thiophene rings is 1. The number of nitrogens with zero attached hydrogens (tertiary/aromatic N) is 3. The first-order valence-corrected chi connectivity index (χ1v) is 12.8. The molecule has 3 aromatic heterocycles. The molecule has 192 valence electrons. The molecule has 5 aromatic rings. The quantitative estimate of drug-likeness (QED) is 0.237. The summed E-state index contributed by atoms with van der Waals surface area (Å²) in [4.78, 5) is 27.9. The molecule has 2 aromatic carbocycles. The number of carbonyl (C=O) groups is 1. The van der Waals surface area contributed by atoms with Crippen LogP contribution in [0.25, 0.3) is 21.3 Å². The van der Waals surface area contributed by atoms with Crippen molar-refractivity contribution < 1.29 is 13.6 Å². The van der Waals surface area contributed by atoms with Crippen LogP contribution in [0, 0.1) is 11.6 Å². The Morgan fingerprint density at radius 3 is 2.63 bits per heavy atom. The molecule has 0 fully saturated rings. The number of nitrogens with one attached hydrogen (secondary N) is 2. The number of hydrogen-bond donors (Lipinski definition) is 3. The zero-order valence-electron chi connectivity index (χ0n) is 20.5. The second-order valence-electron chi connectivity index (χ2n) is 8.63. The van der Waals surface area contributed by atoms with Gasteiger partial charge in [0.2, 0.25) is 0 Å². The third kappa shape index (κ3) is 5.45. The first kappa shape index (κ1) is 25.2. The summed E-state index contributed by atoms with van der Waals surface area (Å²) in [6.45, 7) is 2.50. The minimum atomic E-state index is -0.954. The topological polar surface area (TPSA) is 106 Å². The van der Waals surface area contributed by atoms with Gasteiger partial charge in [-0.1, -0.05) is 19.1 Å². The van der Waals surface area contributed by atoms with Gasteiger partial charge in [-0.05, 0) is 65.6 Å². The number of halogens is 2. The van der Waals surface area contributed by atoms with Gasteiger partial charge in [0, 0.05) is 27.9 Å². The molecule has 0 aliphatic rings. The molecular weight excluding hydrogens is 506 g/mol. The maximum absolute atomic E-state index is 13.5. The first-order chi connectivity index (χ1) is 18.4. The second kappa shape index (κ2) is 10.9. The third-order valence-corrected chi connectivity index (χ3v) is 7.21. The Hall–Kier alpha value is -4.44. The fourth-order valence-electron chi connectivity index (χ4n) is 3.97. The van der Waals surface area contributed by atoms with Crippen molar-refractivity contribution >= 4 is 39.8 Å². The molecule has 0 atom stereocenters. The van der Waals surface area contributed by atoms with Crippen LogP contribution in [0.5, 0.6) is 0 Å². The summed E-state index contributed by atoms with van der Waals surface area (Å²) in [7, 11) is 0. The normalized spacial score (nSPS) is 11.0. The van der Waals surface area contributed by atoms with Gasteiger partial charge in [-0.3, -0.25) is 4.79 Å². The number of amides is 1. The Labute approximate surface area is 221 Å². The maximum atomic E-state index is 13.5. The number of carbonyl (C=O) groups excluding carboxylic acids is 1. The summed E-state index contributed by atoms with van der Waals surface area (Å²) in [5, 5.41) is 6.84. The van der Waals surface area contributed by atoms with E-state index in [-0.39, 0.29) is 12.5 Å². The predicted octanol–water partition coefficient (Wildman–Crippen LogP) is 5.72. The van der Waals surface area contributed by atoms with E-state index < -0.39 is 11.6 Å². The minimum absolute atomic E-state index is 0.0570. The van der Waals surface area contributed by atoms with E-state index in [1.165, 1.54) is 12.4 Å². The van der Waals surface area contributed by atoms with E-state index >= 15 is 0 Å². The van der Waals surface area contributed by atoms with Crippen LogP contribution in [0.1, 0.15) is 33.3 Å². The van der Waals surface area contributed by atoms with Gasteiger partial charge in [0.15, 0.2) is 11.6 Å². The zero-order valence-corrected chi connectivity index (χ0v) is 21.3. The van der Waals surface area contributed by atoms with E-state index in [9.17, 15) is 13.6 Å². The number of aryl methyl sites for hydroxylation is 1. The van der Waals surface area contributed by atoms with Crippen molar-refractivity contribution in [2.45, 2.75) is 26.4 Å². The van der Waals surface area contributed by atoms with Crippen molar-refractivity contribution in [2.24, 2.45) is 0 Å². The summed E-state index contributed by atoms with van der Waals surface area (Å²) in [5.41, 5.74) is 9.57. The van der Waals surface area contributed by atoms with Gasteiger partial charge in [-0.25, -0.2) is 23.7 Å². The molecule has 0 bridgehead atoms. The maximum Gasteiger partial charge on any atom is 0.255 e. The molecule has 0 spiro atoms. The summed E-state index contributed by atoms with van der Waals surface area (Å²) >= 11 is 1.61. The number of benzene rings is 2. The highest BCUT2D eigenvalue weighted by Gasteiger charge is 2.15. The molecule has 0 aliphatic carbocycles. The van der Waals surface area contributed by atoms with E-state index in [0.29, 0.717) is 35.7 Å². The fourth-order valence-corrected chi connectivity index (χ4v) is 4.92. The van der Waals surface area contributed by atoms with Crippen LogP contribution in [0.3, 0.4) is 0 Å². The van der Waals surface area contributed by atoms with Crippen LogP contribution in [-0.4, -0.2) is 20.9 Å².